The van der Waals surface area contributed by atoms with Gasteiger partial charge in [0, 0.05) is 12.0 Å². The number of nitrogens with one attached hydrogen (secondary N) is 2. The van der Waals surface area contributed by atoms with Gasteiger partial charge in [-0.3, -0.25) is 9.89 Å². The van der Waals surface area contributed by atoms with Gasteiger partial charge >= 0.3 is 0 Å². The number of hydrogen-bond donors (Lipinski definition) is 2. The average Bonchev–Trinajstić information content (AvgIpc) is 3.11. The number of ether oxygens (including phenoxy) is 1. The molecule has 118 valence electrons. The molecule has 0 radical (unpaired) electrons. The molecule has 0 saturated carbocycles. The third-order valence-electron chi connectivity index (χ3n) is 3.97. The molecule has 0 saturated heterocycles. The van der Waals surface area contributed by atoms with Crippen molar-refractivity contribution in [1.82, 2.24) is 15.5 Å². The SMILES string of the molecule is COCc1cc(CNC(=O)c2cc3c(s2)CC[C@@H](C)C3)[nH]n1. The second kappa shape index (κ2) is 6.62. The Balaban J connectivity index is 1.60. The third kappa shape index (κ3) is 3.39. The fraction of sp³-hybridized carbons (Fsp3) is 0.500. The number of aryl methyl sites for hydroxylation is 1. The zero-order valence-electron chi connectivity index (χ0n) is 12.9. The standard InChI is InChI=1S/C16H21N3O2S/c1-10-3-4-14-11(5-10)6-15(22-14)16(20)17-8-12-7-13(9-21-2)19-18-12/h6-7,10H,3-5,8-9H2,1-2H3,(H,17,20)(H,18,19)/t10-/m1/s1. The van der Waals surface area contributed by atoms with Crippen LogP contribution >= 0.6 is 11.3 Å². The molecule has 5 nitrogen and oxygen atoms in total. The van der Waals surface area contributed by atoms with Crippen LogP contribution in [0.25, 0.3) is 0 Å². The normalized spacial score (nSPS) is 17.3. The fourth-order valence-corrected chi connectivity index (χ4v) is 3.93. The van der Waals surface area contributed by atoms with E-state index >= 15 is 0 Å². The van der Waals surface area contributed by atoms with Gasteiger partial charge in [0.1, 0.15) is 0 Å². The minimum Gasteiger partial charge on any atom is -0.378 e. The Hall–Kier alpha value is -1.66. The van der Waals surface area contributed by atoms with Crippen LogP contribution < -0.4 is 5.32 Å². The monoisotopic (exact) mass is 319 g/mol. The van der Waals surface area contributed by atoms with Crippen LogP contribution in [0.3, 0.4) is 0 Å². The maximum Gasteiger partial charge on any atom is 0.261 e. The van der Waals surface area contributed by atoms with Crippen LogP contribution in [0.15, 0.2) is 12.1 Å². The maximum atomic E-state index is 12.3. The first-order chi connectivity index (χ1) is 10.7. The summed E-state index contributed by atoms with van der Waals surface area (Å²) in [6.45, 7) is 3.20. The lowest BCUT2D eigenvalue weighted by Crippen LogP contribution is -2.22. The largest absolute Gasteiger partial charge is 0.378 e. The Morgan fingerprint density at radius 3 is 3.23 bits per heavy atom. The zero-order valence-corrected chi connectivity index (χ0v) is 13.8. The Bertz CT molecular complexity index is 662. The summed E-state index contributed by atoms with van der Waals surface area (Å²) in [7, 11) is 1.63. The molecule has 1 atom stereocenters. The van der Waals surface area contributed by atoms with E-state index in [4.69, 9.17) is 4.74 Å². The summed E-state index contributed by atoms with van der Waals surface area (Å²) in [5.41, 5.74) is 3.08. The van der Waals surface area contributed by atoms with E-state index in [1.807, 2.05) is 6.07 Å². The lowest BCUT2D eigenvalue weighted by atomic mass is 9.90. The van der Waals surface area contributed by atoms with Crippen LogP contribution in [0.2, 0.25) is 0 Å². The molecule has 1 aliphatic carbocycles. The lowest BCUT2D eigenvalue weighted by Gasteiger charge is -2.16. The lowest BCUT2D eigenvalue weighted by molar-refractivity contribution is 0.0954. The number of fused-ring (bicyclic) bond motifs is 1. The molecular formula is C16H21N3O2S. The van der Waals surface area contributed by atoms with Gasteiger partial charge in [0.15, 0.2) is 0 Å². The molecule has 0 aliphatic heterocycles. The first-order valence-electron chi connectivity index (χ1n) is 7.57. The van der Waals surface area contributed by atoms with Crippen molar-refractivity contribution < 1.29 is 9.53 Å². The number of aromatic nitrogens is 2. The topological polar surface area (TPSA) is 67.0 Å². The van der Waals surface area contributed by atoms with Gasteiger partial charge in [-0.25, -0.2) is 0 Å². The van der Waals surface area contributed by atoms with Crippen LogP contribution in [0.1, 0.15) is 44.8 Å². The van der Waals surface area contributed by atoms with Crippen molar-refractivity contribution in [2.75, 3.05) is 7.11 Å². The first kappa shape index (κ1) is 15.2. The molecular weight excluding hydrogens is 298 g/mol. The minimum atomic E-state index is -0.00468. The average molecular weight is 319 g/mol. The van der Waals surface area contributed by atoms with Gasteiger partial charge in [-0.1, -0.05) is 6.92 Å². The van der Waals surface area contributed by atoms with E-state index in [1.165, 1.54) is 16.9 Å². The highest BCUT2D eigenvalue weighted by molar-refractivity contribution is 7.14. The molecule has 0 unspecified atom stereocenters. The molecule has 0 spiro atoms. The van der Waals surface area contributed by atoms with E-state index in [9.17, 15) is 4.79 Å². The highest BCUT2D eigenvalue weighted by Crippen LogP contribution is 2.32. The summed E-state index contributed by atoms with van der Waals surface area (Å²) in [5, 5.41) is 9.98. The molecule has 0 fully saturated rings. The number of thiophene rings is 1. The highest BCUT2D eigenvalue weighted by atomic mass is 32.1. The quantitative estimate of drug-likeness (QED) is 0.890. The Morgan fingerprint density at radius 1 is 1.55 bits per heavy atom. The molecule has 22 heavy (non-hydrogen) atoms. The van der Waals surface area contributed by atoms with E-state index in [0.717, 1.165) is 35.0 Å². The van der Waals surface area contributed by atoms with Crippen molar-refractivity contribution in [3.05, 3.63) is 38.8 Å². The molecule has 2 heterocycles. The maximum absolute atomic E-state index is 12.3. The Labute approximate surface area is 134 Å². The van der Waals surface area contributed by atoms with Gasteiger partial charge in [-0.2, -0.15) is 5.10 Å². The van der Waals surface area contributed by atoms with E-state index in [-0.39, 0.29) is 5.91 Å². The van der Waals surface area contributed by atoms with Crippen molar-refractivity contribution in [2.45, 2.75) is 39.3 Å². The molecule has 3 rings (SSSR count). The zero-order chi connectivity index (χ0) is 15.5. The Kier molecular flexibility index (Phi) is 4.59. The molecule has 2 aromatic heterocycles. The second-order valence-electron chi connectivity index (χ2n) is 5.91. The number of aromatic amines is 1. The van der Waals surface area contributed by atoms with Crippen molar-refractivity contribution in [1.29, 1.82) is 0 Å². The van der Waals surface area contributed by atoms with Gasteiger partial charge in [-0.15, -0.1) is 11.3 Å². The van der Waals surface area contributed by atoms with Crippen LogP contribution in [0.5, 0.6) is 0 Å². The number of nitrogens with zero attached hydrogens (tertiary/aromatic N) is 1. The fourth-order valence-electron chi connectivity index (χ4n) is 2.80. The van der Waals surface area contributed by atoms with E-state index in [1.54, 1.807) is 18.4 Å². The van der Waals surface area contributed by atoms with E-state index in [0.29, 0.717) is 13.2 Å². The van der Waals surface area contributed by atoms with E-state index < -0.39 is 0 Å². The Morgan fingerprint density at radius 2 is 2.41 bits per heavy atom. The number of carbonyl (C=O) groups is 1. The summed E-state index contributed by atoms with van der Waals surface area (Å²) < 4.78 is 5.02. The first-order valence-corrected chi connectivity index (χ1v) is 8.39. The molecule has 1 aliphatic rings. The van der Waals surface area contributed by atoms with Gasteiger partial charge in [0.25, 0.3) is 5.91 Å². The van der Waals surface area contributed by atoms with Gasteiger partial charge in [0.05, 0.1) is 29.4 Å². The summed E-state index contributed by atoms with van der Waals surface area (Å²) >= 11 is 1.64. The summed E-state index contributed by atoms with van der Waals surface area (Å²) in [4.78, 5) is 14.5. The highest BCUT2D eigenvalue weighted by Gasteiger charge is 2.20. The molecule has 1 amide bonds. The number of hydrogen-bond acceptors (Lipinski definition) is 4. The third-order valence-corrected chi connectivity index (χ3v) is 5.20. The molecule has 2 aromatic rings. The molecule has 2 N–H and O–H groups in total. The summed E-state index contributed by atoms with van der Waals surface area (Å²) in [6.07, 6.45) is 3.43. The molecule has 6 heteroatoms. The van der Waals surface area contributed by atoms with Gasteiger partial charge in [-0.05, 0) is 42.9 Å². The van der Waals surface area contributed by atoms with Crippen LogP contribution in [-0.4, -0.2) is 23.2 Å². The number of methoxy groups -OCH3 is 1. The van der Waals surface area contributed by atoms with Gasteiger partial charge in [0.2, 0.25) is 0 Å². The minimum absolute atomic E-state index is 0.00468. The summed E-state index contributed by atoms with van der Waals surface area (Å²) in [6, 6.07) is 3.97. The number of rotatable bonds is 5. The number of amides is 1. The number of H-pyrrole nitrogens is 1. The molecule has 0 bridgehead atoms. The van der Waals surface area contributed by atoms with E-state index in [2.05, 4.69) is 28.5 Å². The van der Waals surface area contributed by atoms with Crippen molar-refractivity contribution in [3.63, 3.8) is 0 Å². The van der Waals surface area contributed by atoms with Crippen LogP contribution in [0.4, 0.5) is 0 Å². The van der Waals surface area contributed by atoms with Crippen LogP contribution in [-0.2, 0) is 30.7 Å². The van der Waals surface area contributed by atoms with Gasteiger partial charge < -0.3 is 10.1 Å². The second-order valence-corrected chi connectivity index (χ2v) is 7.04. The predicted molar refractivity (Wildman–Crippen MR) is 86.0 cm³/mol. The predicted octanol–water partition coefficient (Wildman–Crippen LogP) is 2.67. The number of carbonyl (C=O) groups excluding carboxylic acids is 1. The summed E-state index contributed by atoms with van der Waals surface area (Å²) in [5.74, 6) is 0.720. The van der Waals surface area contributed by atoms with Crippen molar-refractivity contribution >= 4 is 17.2 Å². The van der Waals surface area contributed by atoms with Crippen LogP contribution in [0, 0.1) is 5.92 Å². The van der Waals surface area contributed by atoms with Crippen molar-refractivity contribution in [3.8, 4) is 0 Å². The smallest absolute Gasteiger partial charge is 0.261 e. The van der Waals surface area contributed by atoms with Crippen molar-refractivity contribution in [2.24, 2.45) is 5.92 Å². The molecule has 0 aromatic carbocycles.